The Morgan fingerprint density at radius 2 is 1.93 bits per heavy atom. The van der Waals surface area contributed by atoms with E-state index in [1.54, 1.807) is 12.1 Å². The maximum Gasteiger partial charge on any atom is 0.222 e. The Balaban J connectivity index is 1.76. The van der Waals surface area contributed by atoms with E-state index in [0.717, 1.165) is 72.4 Å². The van der Waals surface area contributed by atoms with Gasteiger partial charge in [-0.1, -0.05) is 0 Å². The molecule has 2 saturated heterocycles. The first-order valence-corrected chi connectivity index (χ1v) is 10.2. The quantitative estimate of drug-likeness (QED) is 0.708. The number of phenols is 1. The lowest BCUT2D eigenvalue weighted by molar-refractivity contribution is 0.0841. The van der Waals surface area contributed by atoms with Gasteiger partial charge in [-0.25, -0.2) is 4.98 Å². The average molecular weight is 391 g/mol. The number of ether oxygens (including phenoxy) is 2. The number of nitrogens with zero attached hydrogens (tertiary/aromatic N) is 2. The standard InChI is InChI=1S/C23H25N3O3/c1-14-10-16(4-7-25-14)21-19-3-2-17(27)11-20(19)23(29-18-12-24-13-18)26-22(21)15-5-8-28-9-6-15/h2-4,7,10-11,15,18,24,27H,5-6,8-9,12-13H2,1H3. The summed E-state index contributed by atoms with van der Waals surface area (Å²) in [5.74, 6) is 1.14. The topological polar surface area (TPSA) is 76.5 Å². The summed E-state index contributed by atoms with van der Waals surface area (Å²) in [5, 5.41) is 15.3. The highest BCUT2D eigenvalue weighted by atomic mass is 16.5. The van der Waals surface area contributed by atoms with Crippen LogP contribution in [0.25, 0.3) is 21.9 Å². The molecule has 4 heterocycles. The third kappa shape index (κ3) is 3.54. The Labute approximate surface area is 169 Å². The number of aryl methyl sites for hydroxylation is 1. The summed E-state index contributed by atoms with van der Waals surface area (Å²) in [5.41, 5.74) is 4.23. The molecule has 0 spiro atoms. The largest absolute Gasteiger partial charge is 0.508 e. The summed E-state index contributed by atoms with van der Waals surface area (Å²) in [6.45, 7) is 5.13. The van der Waals surface area contributed by atoms with E-state index in [1.165, 1.54) is 0 Å². The van der Waals surface area contributed by atoms with Crippen molar-refractivity contribution < 1.29 is 14.6 Å². The van der Waals surface area contributed by atoms with Crippen LogP contribution in [-0.2, 0) is 4.74 Å². The number of hydrogen-bond donors (Lipinski definition) is 2. The fourth-order valence-corrected chi connectivity index (χ4v) is 4.15. The lowest BCUT2D eigenvalue weighted by atomic mass is 9.87. The highest BCUT2D eigenvalue weighted by Gasteiger charge is 2.27. The number of aromatic nitrogens is 2. The van der Waals surface area contributed by atoms with Crippen LogP contribution in [0.3, 0.4) is 0 Å². The van der Waals surface area contributed by atoms with Gasteiger partial charge in [-0.2, -0.15) is 0 Å². The van der Waals surface area contributed by atoms with Gasteiger partial charge < -0.3 is 19.9 Å². The number of aromatic hydroxyl groups is 1. The van der Waals surface area contributed by atoms with Gasteiger partial charge in [0.15, 0.2) is 0 Å². The van der Waals surface area contributed by atoms with E-state index in [0.29, 0.717) is 11.8 Å². The zero-order valence-corrected chi connectivity index (χ0v) is 16.5. The number of pyridine rings is 2. The van der Waals surface area contributed by atoms with E-state index in [9.17, 15) is 5.11 Å². The maximum atomic E-state index is 10.2. The van der Waals surface area contributed by atoms with E-state index >= 15 is 0 Å². The molecule has 0 aliphatic carbocycles. The highest BCUT2D eigenvalue weighted by molar-refractivity contribution is 6.01. The fraction of sp³-hybridized carbons (Fsp3) is 0.391. The van der Waals surface area contributed by atoms with Gasteiger partial charge in [0.05, 0.1) is 5.69 Å². The fourth-order valence-electron chi connectivity index (χ4n) is 4.15. The second-order valence-corrected chi connectivity index (χ2v) is 7.88. The molecule has 0 saturated carbocycles. The average Bonchev–Trinajstić information content (AvgIpc) is 2.71. The van der Waals surface area contributed by atoms with E-state index < -0.39 is 0 Å². The maximum absolute atomic E-state index is 10.2. The number of phenolic OH excluding ortho intramolecular Hbond substituents is 1. The number of benzene rings is 1. The molecule has 2 N–H and O–H groups in total. The molecule has 2 fully saturated rings. The molecule has 0 radical (unpaired) electrons. The highest BCUT2D eigenvalue weighted by Crippen LogP contribution is 2.42. The van der Waals surface area contributed by atoms with Crippen LogP contribution < -0.4 is 10.1 Å². The van der Waals surface area contributed by atoms with Crippen molar-refractivity contribution in [1.82, 2.24) is 15.3 Å². The van der Waals surface area contributed by atoms with E-state index in [2.05, 4.69) is 16.4 Å². The molecule has 0 amide bonds. The molecule has 150 valence electrons. The number of hydrogen-bond acceptors (Lipinski definition) is 6. The Morgan fingerprint density at radius 3 is 2.66 bits per heavy atom. The van der Waals surface area contributed by atoms with Crippen molar-refractivity contribution in [2.24, 2.45) is 0 Å². The molecule has 2 aromatic heterocycles. The van der Waals surface area contributed by atoms with Crippen molar-refractivity contribution in [3.63, 3.8) is 0 Å². The minimum absolute atomic E-state index is 0.115. The lowest BCUT2D eigenvalue weighted by Crippen LogP contribution is -2.50. The van der Waals surface area contributed by atoms with Crippen LogP contribution in [0, 0.1) is 6.92 Å². The molecule has 0 bridgehead atoms. The Morgan fingerprint density at radius 1 is 1.10 bits per heavy atom. The summed E-state index contributed by atoms with van der Waals surface area (Å²) in [7, 11) is 0. The van der Waals surface area contributed by atoms with E-state index in [-0.39, 0.29) is 11.9 Å². The first-order chi connectivity index (χ1) is 14.2. The van der Waals surface area contributed by atoms with Crippen molar-refractivity contribution in [3.05, 3.63) is 47.9 Å². The van der Waals surface area contributed by atoms with Gasteiger partial charge >= 0.3 is 0 Å². The summed E-state index contributed by atoms with van der Waals surface area (Å²) < 4.78 is 11.8. The molecule has 29 heavy (non-hydrogen) atoms. The first kappa shape index (κ1) is 18.3. The van der Waals surface area contributed by atoms with Crippen molar-refractivity contribution in [1.29, 1.82) is 0 Å². The molecular formula is C23H25N3O3. The Bertz CT molecular complexity index is 1040. The van der Waals surface area contributed by atoms with Crippen LogP contribution in [0.5, 0.6) is 11.6 Å². The smallest absolute Gasteiger partial charge is 0.222 e. The summed E-state index contributed by atoms with van der Waals surface area (Å²) >= 11 is 0. The van der Waals surface area contributed by atoms with Crippen molar-refractivity contribution in [3.8, 4) is 22.8 Å². The third-order valence-corrected chi connectivity index (χ3v) is 5.80. The molecule has 2 aliphatic rings. The van der Waals surface area contributed by atoms with Gasteiger partial charge in [-0.05, 0) is 61.0 Å². The molecule has 6 nitrogen and oxygen atoms in total. The number of fused-ring (bicyclic) bond motifs is 1. The van der Waals surface area contributed by atoms with Crippen LogP contribution >= 0.6 is 0 Å². The zero-order chi connectivity index (χ0) is 19.8. The SMILES string of the molecule is Cc1cc(-c2c(C3CCOCC3)nc(OC3CNC3)c3cc(O)ccc23)ccn1. The first-order valence-electron chi connectivity index (χ1n) is 10.2. The summed E-state index contributed by atoms with van der Waals surface area (Å²) in [6.07, 6.45) is 3.84. The summed E-state index contributed by atoms with van der Waals surface area (Å²) in [6, 6.07) is 9.61. The van der Waals surface area contributed by atoms with Crippen LogP contribution in [0.2, 0.25) is 0 Å². The molecule has 0 atom stereocenters. The van der Waals surface area contributed by atoms with Crippen molar-refractivity contribution in [2.45, 2.75) is 31.8 Å². The third-order valence-electron chi connectivity index (χ3n) is 5.80. The Hall–Kier alpha value is -2.70. The predicted octanol–water partition coefficient (Wildman–Crippen LogP) is 3.56. The normalized spacial score (nSPS) is 18.0. The second-order valence-electron chi connectivity index (χ2n) is 7.88. The minimum atomic E-state index is 0.115. The van der Waals surface area contributed by atoms with Gasteiger partial charge in [0, 0.05) is 55.1 Å². The lowest BCUT2D eigenvalue weighted by Gasteiger charge is -2.30. The van der Waals surface area contributed by atoms with E-state index in [4.69, 9.17) is 14.5 Å². The molecule has 3 aromatic rings. The zero-order valence-electron chi connectivity index (χ0n) is 16.5. The predicted molar refractivity (Wildman–Crippen MR) is 111 cm³/mol. The molecule has 6 heteroatoms. The molecule has 2 aliphatic heterocycles. The van der Waals surface area contributed by atoms with E-state index in [1.807, 2.05) is 25.3 Å². The molecule has 1 aromatic carbocycles. The van der Waals surface area contributed by atoms with Gasteiger partial charge in [-0.3, -0.25) is 4.98 Å². The molecule has 0 unspecified atom stereocenters. The van der Waals surface area contributed by atoms with Crippen LogP contribution in [0.1, 0.15) is 30.1 Å². The van der Waals surface area contributed by atoms with Crippen LogP contribution in [0.4, 0.5) is 0 Å². The molecular weight excluding hydrogens is 366 g/mol. The second kappa shape index (κ2) is 7.61. The van der Waals surface area contributed by atoms with Crippen LogP contribution in [-0.4, -0.2) is 47.5 Å². The van der Waals surface area contributed by atoms with Crippen molar-refractivity contribution >= 4 is 10.8 Å². The monoisotopic (exact) mass is 391 g/mol. The number of rotatable bonds is 4. The van der Waals surface area contributed by atoms with Gasteiger partial charge in [0.25, 0.3) is 0 Å². The van der Waals surface area contributed by atoms with Crippen LogP contribution in [0.15, 0.2) is 36.5 Å². The summed E-state index contributed by atoms with van der Waals surface area (Å²) in [4.78, 5) is 9.42. The van der Waals surface area contributed by atoms with Gasteiger partial charge in [0.2, 0.25) is 5.88 Å². The van der Waals surface area contributed by atoms with Crippen molar-refractivity contribution in [2.75, 3.05) is 26.3 Å². The minimum Gasteiger partial charge on any atom is -0.508 e. The Kier molecular flexibility index (Phi) is 4.81. The van der Waals surface area contributed by atoms with Gasteiger partial charge in [-0.15, -0.1) is 0 Å². The number of nitrogens with one attached hydrogen (secondary N) is 1. The molecule has 5 rings (SSSR count). The van der Waals surface area contributed by atoms with Gasteiger partial charge in [0.1, 0.15) is 11.9 Å².